The topological polar surface area (TPSA) is 134 Å². The van der Waals surface area contributed by atoms with Gasteiger partial charge in [0.1, 0.15) is 5.75 Å². The molecule has 0 saturated carbocycles. The van der Waals surface area contributed by atoms with Crippen LogP contribution in [0.3, 0.4) is 0 Å². The molecule has 0 saturated heterocycles. The summed E-state index contributed by atoms with van der Waals surface area (Å²) in [6, 6.07) is 16.0. The molecular weight excluding hydrogens is 603 g/mol. The van der Waals surface area contributed by atoms with Gasteiger partial charge < -0.3 is 31.1 Å². The summed E-state index contributed by atoms with van der Waals surface area (Å²) < 4.78 is 5.28. The molecule has 3 amide bonds. The minimum Gasteiger partial charge on any atom is -0.497 e. The van der Waals surface area contributed by atoms with Crippen molar-refractivity contribution in [2.75, 3.05) is 26.7 Å². The van der Waals surface area contributed by atoms with Crippen molar-refractivity contribution < 1.29 is 24.2 Å². The third-order valence-corrected chi connectivity index (χ3v) is 7.41. The number of rotatable bonds is 16. The first-order valence-corrected chi connectivity index (χ1v) is 15.3. The summed E-state index contributed by atoms with van der Waals surface area (Å²) in [5.74, 6) is -0.920. The van der Waals surface area contributed by atoms with E-state index in [0.717, 1.165) is 24.2 Å². The number of nitrogens with zero attached hydrogens (tertiary/aromatic N) is 1. The van der Waals surface area contributed by atoms with E-state index in [1.54, 1.807) is 30.2 Å². The highest BCUT2D eigenvalue weighted by Crippen LogP contribution is 2.21. The van der Waals surface area contributed by atoms with E-state index in [9.17, 15) is 19.5 Å². The van der Waals surface area contributed by atoms with Gasteiger partial charge >= 0.3 is 0 Å². The molecule has 0 bridgehead atoms. The van der Waals surface area contributed by atoms with E-state index < -0.39 is 24.0 Å². The number of aliphatic hydroxyl groups is 1. The number of hydrogen-bond donors (Lipinski definition) is 4. The Morgan fingerprint density at radius 3 is 2.16 bits per heavy atom. The predicted molar refractivity (Wildman–Crippen MR) is 174 cm³/mol. The number of carbonyl (C=O) groups is 3. The molecule has 0 spiro atoms. The van der Waals surface area contributed by atoms with E-state index in [4.69, 9.17) is 33.7 Å². The van der Waals surface area contributed by atoms with Gasteiger partial charge in [-0.15, -0.1) is 0 Å². The fourth-order valence-corrected chi connectivity index (χ4v) is 5.44. The number of methoxy groups -OCH3 is 1. The summed E-state index contributed by atoms with van der Waals surface area (Å²) in [6.45, 7) is 5.61. The molecule has 3 aromatic rings. The number of hydrogen-bond acceptors (Lipinski definition) is 6. The molecule has 2 unspecified atom stereocenters. The van der Waals surface area contributed by atoms with Crippen molar-refractivity contribution in [3.05, 3.63) is 98.5 Å². The standard InChI is InChI=1S/C33H40Cl2N4O5/c1-4-9-39(10-5-2)33(43)25-16-23(31(36)41)15-24(17-25)32(42)38-29(14-22-11-26(34)18-27(35)12-22)30(40)20-37-19-21-7-6-8-28(13-21)44-3/h6-8,11-13,15-18,29-30,37,40H,4-5,9-10,14,19-20H2,1-3H3,(H2,36,41)(H,38,42). The predicted octanol–water partition coefficient (Wildman–Crippen LogP) is 4.85. The largest absolute Gasteiger partial charge is 0.497 e. The van der Waals surface area contributed by atoms with Gasteiger partial charge in [-0.05, 0) is 78.9 Å². The minimum absolute atomic E-state index is 0.0348. The molecule has 3 aromatic carbocycles. The summed E-state index contributed by atoms with van der Waals surface area (Å²) in [5.41, 5.74) is 7.53. The van der Waals surface area contributed by atoms with Crippen LogP contribution in [-0.4, -0.2) is 66.6 Å². The quantitative estimate of drug-likeness (QED) is 0.176. The lowest BCUT2D eigenvalue weighted by Crippen LogP contribution is -2.48. The molecule has 5 N–H and O–H groups in total. The Bertz CT molecular complexity index is 1430. The Balaban J connectivity index is 1.87. The molecule has 3 rings (SSSR count). The molecule has 0 aliphatic rings. The van der Waals surface area contributed by atoms with Gasteiger partial charge in [0.2, 0.25) is 5.91 Å². The first-order chi connectivity index (χ1) is 21.0. The van der Waals surface area contributed by atoms with Crippen molar-refractivity contribution in [2.45, 2.75) is 51.8 Å². The first kappa shape index (κ1) is 34.9. The highest BCUT2D eigenvalue weighted by atomic mass is 35.5. The smallest absolute Gasteiger partial charge is 0.253 e. The molecule has 2 atom stereocenters. The van der Waals surface area contributed by atoms with E-state index in [1.165, 1.54) is 18.2 Å². The Morgan fingerprint density at radius 1 is 0.909 bits per heavy atom. The number of halogens is 2. The van der Waals surface area contributed by atoms with Crippen LogP contribution < -0.4 is 21.1 Å². The second-order valence-corrected chi connectivity index (χ2v) is 11.4. The first-order valence-electron chi connectivity index (χ1n) is 14.6. The molecule has 0 aliphatic carbocycles. The van der Waals surface area contributed by atoms with Crippen LogP contribution in [0.1, 0.15) is 68.9 Å². The van der Waals surface area contributed by atoms with Crippen LogP contribution in [0.15, 0.2) is 60.7 Å². The summed E-state index contributed by atoms with van der Waals surface area (Å²) in [5, 5.41) is 18.2. The lowest BCUT2D eigenvalue weighted by atomic mass is 9.99. The van der Waals surface area contributed by atoms with Crippen molar-refractivity contribution in [3.63, 3.8) is 0 Å². The number of aliphatic hydroxyl groups excluding tert-OH is 1. The summed E-state index contributed by atoms with van der Waals surface area (Å²) in [4.78, 5) is 40.8. The molecule has 0 aliphatic heterocycles. The van der Waals surface area contributed by atoms with Gasteiger partial charge in [-0.2, -0.15) is 0 Å². The van der Waals surface area contributed by atoms with Crippen molar-refractivity contribution in [1.82, 2.24) is 15.5 Å². The maximum atomic E-state index is 13.6. The lowest BCUT2D eigenvalue weighted by molar-refractivity contribution is 0.0755. The zero-order valence-corrected chi connectivity index (χ0v) is 26.8. The normalized spacial score (nSPS) is 12.3. The average Bonchev–Trinajstić information content (AvgIpc) is 2.99. The zero-order valence-electron chi connectivity index (χ0n) is 25.2. The van der Waals surface area contributed by atoms with Crippen LogP contribution in [0.5, 0.6) is 5.75 Å². The van der Waals surface area contributed by atoms with Crippen molar-refractivity contribution in [2.24, 2.45) is 5.73 Å². The monoisotopic (exact) mass is 642 g/mol. The van der Waals surface area contributed by atoms with Gasteiger partial charge in [-0.25, -0.2) is 0 Å². The van der Waals surface area contributed by atoms with Gasteiger partial charge in [0, 0.05) is 52.9 Å². The number of nitrogens with two attached hydrogens (primary N) is 1. The molecular formula is C33H40Cl2N4O5. The number of nitrogens with one attached hydrogen (secondary N) is 2. The molecule has 0 fully saturated rings. The number of amides is 3. The van der Waals surface area contributed by atoms with Gasteiger partial charge in [-0.3, -0.25) is 14.4 Å². The molecule has 9 nitrogen and oxygen atoms in total. The molecule has 11 heteroatoms. The van der Waals surface area contributed by atoms with E-state index in [0.29, 0.717) is 35.2 Å². The zero-order chi connectivity index (χ0) is 32.2. The third kappa shape index (κ3) is 10.2. The van der Waals surface area contributed by atoms with Crippen LogP contribution in [0.2, 0.25) is 10.0 Å². The van der Waals surface area contributed by atoms with Crippen LogP contribution in [0, 0.1) is 0 Å². The van der Waals surface area contributed by atoms with E-state index in [-0.39, 0.29) is 35.6 Å². The third-order valence-electron chi connectivity index (χ3n) is 6.98. The second-order valence-electron chi connectivity index (χ2n) is 10.6. The highest BCUT2D eigenvalue weighted by molar-refractivity contribution is 6.34. The Morgan fingerprint density at radius 2 is 1.55 bits per heavy atom. The highest BCUT2D eigenvalue weighted by Gasteiger charge is 2.25. The number of carbonyl (C=O) groups excluding carboxylic acids is 3. The molecule has 44 heavy (non-hydrogen) atoms. The fraction of sp³-hybridized carbons (Fsp3) is 0.364. The van der Waals surface area contributed by atoms with Crippen molar-refractivity contribution in [3.8, 4) is 5.75 Å². The second kappa shape index (κ2) is 17.0. The number of benzene rings is 3. The summed E-state index contributed by atoms with van der Waals surface area (Å²) in [6.07, 6.45) is 0.685. The molecule has 236 valence electrons. The van der Waals surface area contributed by atoms with Gasteiger partial charge in [0.15, 0.2) is 0 Å². The fourth-order valence-electron chi connectivity index (χ4n) is 4.87. The van der Waals surface area contributed by atoms with Crippen molar-refractivity contribution >= 4 is 40.9 Å². The lowest BCUT2D eigenvalue weighted by Gasteiger charge is -2.26. The van der Waals surface area contributed by atoms with Crippen LogP contribution in [0.25, 0.3) is 0 Å². The Kier molecular flexibility index (Phi) is 13.5. The average molecular weight is 644 g/mol. The van der Waals surface area contributed by atoms with Crippen LogP contribution in [0.4, 0.5) is 0 Å². The number of primary amides is 1. The minimum atomic E-state index is -1.03. The van der Waals surface area contributed by atoms with E-state index in [1.807, 2.05) is 38.1 Å². The summed E-state index contributed by atoms with van der Waals surface area (Å²) >= 11 is 12.4. The SMILES string of the molecule is CCCN(CCC)C(=O)c1cc(C(N)=O)cc(C(=O)NC(Cc2cc(Cl)cc(Cl)c2)C(O)CNCc2cccc(OC)c2)c1. The van der Waals surface area contributed by atoms with Crippen LogP contribution >= 0.6 is 23.2 Å². The Labute approximate surface area is 268 Å². The molecule has 0 aromatic heterocycles. The molecule has 0 radical (unpaired) electrons. The van der Waals surface area contributed by atoms with Gasteiger partial charge in [-0.1, -0.05) is 49.2 Å². The van der Waals surface area contributed by atoms with Crippen molar-refractivity contribution in [1.29, 1.82) is 0 Å². The van der Waals surface area contributed by atoms with Gasteiger partial charge in [0.25, 0.3) is 11.8 Å². The van der Waals surface area contributed by atoms with Gasteiger partial charge in [0.05, 0.1) is 19.3 Å². The summed E-state index contributed by atoms with van der Waals surface area (Å²) in [7, 11) is 1.59. The maximum absolute atomic E-state index is 13.6. The Hall–Kier alpha value is -3.63. The molecule has 0 heterocycles. The van der Waals surface area contributed by atoms with E-state index >= 15 is 0 Å². The number of ether oxygens (including phenoxy) is 1. The maximum Gasteiger partial charge on any atom is 0.253 e. The van der Waals surface area contributed by atoms with E-state index in [2.05, 4.69) is 10.6 Å². The van der Waals surface area contributed by atoms with Crippen LogP contribution in [-0.2, 0) is 13.0 Å².